The maximum atomic E-state index is 12.5. The average molecular weight is 340 g/mol. The van der Waals surface area contributed by atoms with Gasteiger partial charge in [-0.1, -0.05) is 24.3 Å². The molecule has 25 heavy (non-hydrogen) atoms. The fraction of sp³-hybridized carbons (Fsp3) is 0.294. The van der Waals surface area contributed by atoms with E-state index in [0.29, 0.717) is 19.0 Å². The SMILES string of the molecule is O=C1C[C@H](C(=O)O)c2c(nc(N3CCc4ccccc4C3)[nH]c2=O)N1. The van der Waals surface area contributed by atoms with Crippen molar-refractivity contribution in [1.82, 2.24) is 9.97 Å². The number of aromatic amines is 1. The number of hydrogen-bond acceptors (Lipinski definition) is 5. The molecule has 1 amide bonds. The molecule has 2 aromatic rings. The van der Waals surface area contributed by atoms with Crippen LogP contribution in [0.4, 0.5) is 11.8 Å². The number of rotatable bonds is 2. The number of anilines is 2. The van der Waals surface area contributed by atoms with Gasteiger partial charge in [0, 0.05) is 19.5 Å². The Hall–Kier alpha value is -3.16. The first-order valence-corrected chi connectivity index (χ1v) is 8.01. The molecule has 0 saturated heterocycles. The van der Waals surface area contributed by atoms with Crippen LogP contribution in [0.1, 0.15) is 29.0 Å². The third-order valence-corrected chi connectivity index (χ3v) is 4.67. The van der Waals surface area contributed by atoms with Crippen LogP contribution in [0.2, 0.25) is 0 Å². The summed E-state index contributed by atoms with van der Waals surface area (Å²) in [5.41, 5.74) is 1.90. The fourth-order valence-electron chi connectivity index (χ4n) is 3.40. The number of nitrogens with zero attached hydrogens (tertiary/aromatic N) is 2. The van der Waals surface area contributed by atoms with Crippen molar-refractivity contribution in [2.45, 2.75) is 25.3 Å². The maximum Gasteiger partial charge on any atom is 0.311 e. The van der Waals surface area contributed by atoms with Crippen LogP contribution in [0.25, 0.3) is 0 Å². The van der Waals surface area contributed by atoms with E-state index in [1.807, 2.05) is 23.1 Å². The van der Waals surface area contributed by atoms with Crippen LogP contribution in [0, 0.1) is 0 Å². The molecule has 1 aromatic carbocycles. The number of nitrogens with one attached hydrogen (secondary N) is 2. The molecule has 0 bridgehead atoms. The number of carbonyl (C=O) groups excluding carboxylic acids is 1. The molecular formula is C17H16N4O4. The number of H-pyrrole nitrogens is 1. The molecule has 3 N–H and O–H groups in total. The van der Waals surface area contributed by atoms with E-state index >= 15 is 0 Å². The maximum absolute atomic E-state index is 12.5. The topological polar surface area (TPSA) is 115 Å². The van der Waals surface area contributed by atoms with E-state index in [9.17, 15) is 19.5 Å². The average Bonchev–Trinajstić information content (AvgIpc) is 2.60. The van der Waals surface area contributed by atoms with Crippen molar-refractivity contribution in [2.75, 3.05) is 16.8 Å². The highest BCUT2D eigenvalue weighted by molar-refractivity contribution is 5.98. The van der Waals surface area contributed by atoms with Crippen LogP contribution in [-0.2, 0) is 22.6 Å². The number of aliphatic carboxylic acids is 1. The summed E-state index contributed by atoms with van der Waals surface area (Å²) in [6.07, 6.45) is 0.560. The second-order valence-electron chi connectivity index (χ2n) is 6.24. The number of benzene rings is 1. The summed E-state index contributed by atoms with van der Waals surface area (Å²) in [5, 5.41) is 11.8. The molecule has 2 aliphatic rings. The Morgan fingerprint density at radius 2 is 2.00 bits per heavy atom. The molecule has 1 atom stereocenters. The first-order chi connectivity index (χ1) is 12.0. The number of hydrogen-bond donors (Lipinski definition) is 3. The predicted octanol–water partition coefficient (Wildman–Crippen LogP) is 0.843. The second kappa shape index (κ2) is 5.73. The Labute approximate surface area is 142 Å². The summed E-state index contributed by atoms with van der Waals surface area (Å²) in [6, 6.07) is 8.06. The van der Waals surface area contributed by atoms with Crippen LogP contribution >= 0.6 is 0 Å². The highest BCUT2D eigenvalue weighted by Gasteiger charge is 2.35. The van der Waals surface area contributed by atoms with E-state index in [0.717, 1.165) is 12.0 Å². The minimum atomic E-state index is -1.21. The van der Waals surface area contributed by atoms with Crippen LogP contribution in [0.15, 0.2) is 29.1 Å². The molecule has 0 radical (unpaired) electrons. The normalized spacial score (nSPS) is 19.0. The van der Waals surface area contributed by atoms with Crippen molar-refractivity contribution in [3.63, 3.8) is 0 Å². The molecule has 0 spiro atoms. The summed E-state index contributed by atoms with van der Waals surface area (Å²) in [7, 11) is 0. The van der Waals surface area contributed by atoms with Gasteiger partial charge >= 0.3 is 5.97 Å². The number of aromatic nitrogens is 2. The van der Waals surface area contributed by atoms with Crippen LogP contribution in [-0.4, -0.2) is 33.5 Å². The van der Waals surface area contributed by atoms with E-state index in [4.69, 9.17) is 0 Å². The summed E-state index contributed by atoms with van der Waals surface area (Å²) in [4.78, 5) is 44.5. The minimum absolute atomic E-state index is 0.00765. The zero-order chi connectivity index (χ0) is 17.6. The smallest absolute Gasteiger partial charge is 0.311 e. The molecule has 0 fully saturated rings. The third kappa shape index (κ3) is 2.65. The van der Waals surface area contributed by atoms with Gasteiger partial charge < -0.3 is 15.3 Å². The summed E-state index contributed by atoms with van der Waals surface area (Å²) >= 11 is 0. The van der Waals surface area contributed by atoms with E-state index in [1.165, 1.54) is 5.56 Å². The van der Waals surface area contributed by atoms with Crippen molar-refractivity contribution >= 4 is 23.6 Å². The molecule has 8 nitrogen and oxygen atoms in total. The molecule has 8 heteroatoms. The summed E-state index contributed by atoms with van der Waals surface area (Å²) in [6.45, 7) is 1.27. The highest BCUT2D eigenvalue weighted by atomic mass is 16.4. The first-order valence-electron chi connectivity index (χ1n) is 8.01. The van der Waals surface area contributed by atoms with Crippen LogP contribution in [0.5, 0.6) is 0 Å². The zero-order valence-electron chi connectivity index (χ0n) is 13.3. The van der Waals surface area contributed by atoms with Gasteiger partial charge in [0.25, 0.3) is 5.56 Å². The Bertz CT molecular complexity index is 936. The standard InChI is InChI=1S/C17H16N4O4/c22-12-7-11(16(24)25)13-14(18-12)19-17(20-15(13)23)21-6-5-9-3-1-2-4-10(9)8-21/h1-4,11H,5-8H2,(H,24,25)(H2,18,19,20,22,23)/t11-/m0/s1. The molecule has 128 valence electrons. The molecule has 0 unspecified atom stereocenters. The minimum Gasteiger partial charge on any atom is -0.481 e. The van der Waals surface area contributed by atoms with Gasteiger partial charge in [-0.3, -0.25) is 19.4 Å². The van der Waals surface area contributed by atoms with Gasteiger partial charge in [0.1, 0.15) is 5.82 Å². The van der Waals surface area contributed by atoms with Crippen molar-refractivity contribution in [3.05, 3.63) is 51.3 Å². The van der Waals surface area contributed by atoms with E-state index in [-0.39, 0.29) is 17.8 Å². The number of carbonyl (C=O) groups is 2. The number of amides is 1. The largest absolute Gasteiger partial charge is 0.481 e. The van der Waals surface area contributed by atoms with Gasteiger partial charge in [-0.25, -0.2) is 0 Å². The fourth-order valence-corrected chi connectivity index (χ4v) is 3.40. The van der Waals surface area contributed by atoms with Gasteiger partial charge in [-0.15, -0.1) is 0 Å². The van der Waals surface area contributed by atoms with Gasteiger partial charge in [-0.2, -0.15) is 4.98 Å². The highest BCUT2D eigenvalue weighted by Crippen LogP contribution is 2.30. The second-order valence-corrected chi connectivity index (χ2v) is 6.24. The number of carboxylic acids is 1. The lowest BCUT2D eigenvalue weighted by Crippen LogP contribution is -2.37. The Morgan fingerprint density at radius 1 is 1.24 bits per heavy atom. The van der Waals surface area contributed by atoms with Gasteiger partial charge in [0.2, 0.25) is 11.9 Å². The molecule has 0 aliphatic carbocycles. The Balaban J connectivity index is 1.73. The lowest BCUT2D eigenvalue weighted by atomic mass is 9.94. The molecule has 3 heterocycles. The molecular weight excluding hydrogens is 324 g/mol. The first kappa shape index (κ1) is 15.4. The lowest BCUT2D eigenvalue weighted by molar-refractivity contribution is -0.140. The molecule has 1 aromatic heterocycles. The summed E-state index contributed by atoms with van der Waals surface area (Å²) < 4.78 is 0. The summed E-state index contributed by atoms with van der Waals surface area (Å²) in [5.74, 6) is -2.45. The van der Waals surface area contributed by atoms with Crippen LogP contribution < -0.4 is 15.8 Å². The number of fused-ring (bicyclic) bond motifs is 2. The van der Waals surface area contributed by atoms with Gasteiger partial charge in [0.05, 0.1) is 11.5 Å². The van der Waals surface area contributed by atoms with Crippen LogP contribution in [0.3, 0.4) is 0 Å². The Morgan fingerprint density at radius 3 is 2.76 bits per heavy atom. The van der Waals surface area contributed by atoms with Crippen molar-refractivity contribution < 1.29 is 14.7 Å². The monoisotopic (exact) mass is 340 g/mol. The zero-order valence-corrected chi connectivity index (χ0v) is 13.3. The molecule has 0 saturated carbocycles. The van der Waals surface area contributed by atoms with Crippen molar-refractivity contribution in [1.29, 1.82) is 0 Å². The number of carboxylic acid groups (broad SMARTS) is 1. The van der Waals surface area contributed by atoms with Crippen molar-refractivity contribution in [2.24, 2.45) is 0 Å². The lowest BCUT2D eigenvalue weighted by Gasteiger charge is -2.30. The van der Waals surface area contributed by atoms with E-state index in [2.05, 4.69) is 21.4 Å². The van der Waals surface area contributed by atoms with E-state index < -0.39 is 23.4 Å². The van der Waals surface area contributed by atoms with Gasteiger partial charge in [0.15, 0.2) is 0 Å². The van der Waals surface area contributed by atoms with E-state index in [1.54, 1.807) is 0 Å². The molecule has 4 rings (SSSR count). The quantitative estimate of drug-likeness (QED) is 0.746. The van der Waals surface area contributed by atoms with Gasteiger partial charge in [-0.05, 0) is 17.5 Å². The predicted molar refractivity (Wildman–Crippen MR) is 89.7 cm³/mol. The Kier molecular flexibility index (Phi) is 3.52. The molecule has 2 aliphatic heterocycles. The third-order valence-electron chi connectivity index (χ3n) is 4.67. The van der Waals surface area contributed by atoms with Crippen molar-refractivity contribution in [3.8, 4) is 0 Å².